The predicted molar refractivity (Wildman–Crippen MR) is 104 cm³/mol. The summed E-state index contributed by atoms with van der Waals surface area (Å²) in [6, 6.07) is 5.85. The Morgan fingerprint density at radius 1 is 1.28 bits per heavy atom. The summed E-state index contributed by atoms with van der Waals surface area (Å²) in [4.78, 5) is 51.0. The van der Waals surface area contributed by atoms with Gasteiger partial charge in [0.1, 0.15) is 6.54 Å². The molecule has 29 heavy (non-hydrogen) atoms. The quantitative estimate of drug-likeness (QED) is 0.359. The Morgan fingerprint density at radius 2 is 2.00 bits per heavy atom. The van der Waals surface area contributed by atoms with Gasteiger partial charge in [0.25, 0.3) is 17.2 Å². The Morgan fingerprint density at radius 3 is 2.69 bits per heavy atom. The van der Waals surface area contributed by atoms with Crippen molar-refractivity contribution in [3.05, 3.63) is 67.1 Å². The topological polar surface area (TPSA) is 146 Å². The molecule has 0 aliphatic carbocycles. The average molecular weight is 399 g/mol. The highest BCUT2D eigenvalue weighted by molar-refractivity contribution is 5.99. The van der Waals surface area contributed by atoms with Crippen molar-refractivity contribution in [3.8, 4) is 0 Å². The first kappa shape index (κ1) is 19.7. The van der Waals surface area contributed by atoms with Crippen LogP contribution in [0, 0.1) is 10.1 Å². The largest absolute Gasteiger partial charge is 0.332 e. The standard InChI is InChI=1S/C17H17N7O5/c1-10(11-5-4-6-12(7-11)24(28)29)19-20-13(25)8-23-9-18-15-14(23)16(26)22(3)17(27)21(15)2/h4-7,9H,8H2,1-3H3,(H,20,25). The van der Waals surface area contributed by atoms with Crippen molar-refractivity contribution in [2.24, 2.45) is 19.2 Å². The molecule has 2 heterocycles. The summed E-state index contributed by atoms with van der Waals surface area (Å²) >= 11 is 0. The average Bonchev–Trinajstić information content (AvgIpc) is 3.12. The SMILES string of the molecule is CC(=NNC(=O)Cn1cnc2c1c(=O)n(C)c(=O)n2C)c1cccc([N+](=O)[O-])c1. The van der Waals surface area contributed by atoms with Gasteiger partial charge in [-0.2, -0.15) is 5.10 Å². The van der Waals surface area contributed by atoms with Gasteiger partial charge in [0.05, 0.1) is 17.0 Å². The number of carbonyl (C=O) groups excluding carboxylic acids is 1. The molecule has 0 atom stereocenters. The molecule has 1 aromatic carbocycles. The summed E-state index contributed by atoms with van der Waals surface area (Å²) in [5, 5.41) is 14.8. The Balaban J connectivity index is 1.82. The summed E-state index contributed by atoms with van der Waals surface area (Å²) in [6.07, 6.45) is 1.29. The third kappa shape index (κ3) is 3.67. The molecule has 0 saturated carbocycles. The Hall–Kier alpha value is -4.09. The fraction of sp³-hybridized carbons (Fsp3) is 0.235. The van der Waals surface area contributed by atoms with Crippen LogP contribution in [-0.4, -0.2) is 35.2 Å². The molecule has 0 aliphatic heterocycles. The number of benzene rings is 1. The number of non-ortho nitro benzene ring substituents is 1. The van der Waals surface area contributed by atoms with E-state index < -0.39 is 22.1 Å². The Bertz CT molecular complexity index is 1280. The number of rotatable bonds is 5. The van der Waals surface area contributed by atoms with Crippen LogP contribution in [0.3, 0.4) is 0 Å². The molecule has 150 valence electrons. The third-order valence-corrected chi connectivity index (χ3v) is 4.35. The fourth-order valence-corrected chi connectivity index (χ4v) is 2.76. The van der Waals surface area contributed by atoms with Crippen LogP contribution in [0.25, 0.3) is 11.2 Å². The van der Waals surface area contributed by atoms with E-state index in [9.17, 15) is 24.5 Å². The maximum Gasteiger partial charge on any atom is 0.332 e. The second-order valence-electron chi connectivity index (χ2n) is 6.29. The van der Waals surface area contributed by atoms with E-state index in [1.807, 2.05) is 0 Å². The molecule has 12 heteroatoms. The number of nitrogens with zero attached hydrogens (tertiary/aromatic N) is 6. The van der Waals surface area contributed by atoms with E-state index in [1.165, 1.54) is 47.8 Å². The van der Waals surface area contributed by atoms with Crippen molar-refractivity contribution < 1.29 is 9.72 Å². The minimum Gasteiger partial charge on any atom is -0.315 e. The molecule has 0 spiro atoms. The van der Waals surface area contributed by atoms with E-state index >= 15 is 0 Å². The first-order chi connectivity index (χ1) is 13.7. The molecular weight excluding hydrogens is 382 g/mol. The fourth-order valence-electron chi connectivity index (χ4n) is 2.76. The minimum absolute atomic E-state index is 0.0882. The van der Waals surface area contributed by atoms with Crippen molar-refractivity contribution >= 4 is 28.5 Å². The molecule has 3 aromatic rings. The number of carbonyl (C=O) groups is 1. The zero-order valence-electron chi connectivity index (χ0n) is 15.8. The molecule has 0 bridgehead atoms. The summed E-state index contributed by atoms with van der Waals surface area (Å²) in [7, 11) is 2.82. The molecule has 0 aliphatic rings. The second kappa shape index (κ2) is 7.50. The van der Waals surface area contributed by atoms with E-state index in [-0.39, 0.29) is 23.4 Å². The number of fused-ring (bicyclic) bond motifs is 1. The van der Waals surface area contributed by atoms with E-state index in [2.05, 4.69) is 15.5 Å². The lowest BCUT2D eigenvalue weighted by Gasteiger charge is -2.06. The lowest BCUT2D eigenvalue weighted by molar-refractivity contribution is -0.384. The molecule has 0 radical (unpaired) electrons. The first-order valence-electron chi connectivity index (χ1n) is 8.39. The Labute approximate surface area is 162 Å². The molecular formula is C17H17N7O5. The highest BCUT2D eigenvalue weighted by Crippen LogP contribution is 2.13. The van der Waals surface area contributed by atoms with Crippen LogP contribution in [0.1, 0.15) is 12.5 Å². The lowest BCUT2D eigenvalue weighted by Crippen LogP contribution is -2.38. The lowest BCUT2D eigenvalue weighted by atomic mass is 10.1. The number of imidazole rings is 1. The number of nitro groups is 1. The van der Waals surface area contributed by atoms with Crippen molar-refractivity contribution in [2.75, 3.05) is 0 Å². The van der Waals surface area contributed by atoms with Crippen LogP contribution in [0.2, 0.25) is 0 Å². The summed E-state index contributed by atoms with van der Waals surface area (Å²) in [6.45, 7) is 1.34. The molecule has 12 nitrogen and oxygen atoms in total. The van der Waals surface area contributed by atoms with E-state index in [0.717, 1.165) is 4.57 Å². The summed E-state index contributed by atoms with van der Waals surface area (Å²) in [5.74, 6) is -0.537. The first-order valence-corrected chi connectivity index (χ1v) is 8.39. The van der Waals surface area contributed by atoms with Crippen LogP contribution in [0.15, 0.2) is 45.3 Å². The molecule has 2 aromatic heterocycles. The molecule has 1 N–H and O–H groups in total. The number of aryl methyl sites for hydroxylation is 1. The van der Waals surface area contributed by atoms with Gasteiger partial charge in [-0.25, -0.2) is 15.2 Å². The van der Waals surface area contributed by atoms with Crippen LogP contribution in [0.4, 0.5) is 5.69 Å². The van der Waals surface area contributed by atoms with E-state index in [0.29, 0.717) is 11.3 Å². The second-order valence-corrected chi connectivity index (χ2v) is 6.29. The zero-order valence-corrected chi connectivity index (χ0v) is 15.8. The van der Waals surface area contributed by atoms with E-state index in [1.54, 1.807) is 13.0 Å². The molecule has 0 unspecified atom stereocenters. The van der Waals surface area contributed by atoms with Gasteiger partial charge in [0.15, 0.2) is 11.2 Å². The van der Waals surface area contributed by atoms with Gasteiger partial charge in [0.2, 0.25) is 0 Å². The highest BCUT2D eigenvalue weighted by atomic mass is 16.6. The molecule has 0 fully saturated rings. The summed E-state index contributed by atoms with van der Waals surface area (Å²) < 4.78 is 3.48. The summed E-state index contributed by atoms with van der Waals surface area (Å²) in [5.41, 5.74) is 2.31. The number of hydrazone groups is 1. The normalized spacial score (nSPS) is 11.6. The predicted octanol–water partition coefficient (Wildman–Crippen LogP) is -0.118. The van der Waals surface area contributed by atoms with Gasteiger partial charge in [-0.3, -0.25) is 28.8 Å². The molecule has 0 saturated heterocycles. The van der Waals surface area contributed by atoms with Crippen molar-refractivity contribution in [1.82, 2.24) is 24.1 Å². The van der Waals surface area contributed by atoms with Crippen LogP contribution in [0.5, 0.6) is 0 Å². The van der Waals surface area contributed by atoms with Crippen LogP contribution >= 0.6 is 0 Å². The molecule has 1 amide bonds. The highest BCUT2D eigenvalue weighted by Gasteiger charge is 2.16. The van der Waals surface area contributed by atoms with Crippen molar-refractivity contribution in [3.63, 3.8) is 0 Å². The van der Waals surface area contributed by atoms with Crippen LogP contribution in [-0.2, 0) is 25.4 Å². The maximum absolute atomic E-state index is 12.4. The third-order valence-electron chi connectivity index (χ3n) is 4.35. The number of nitro benzene ring substituents is 1. The van der Waals surface area contributed by atoms with Gasteiger partial charge in [-0.1, -0.05) is 12.1 Å². The number of aromatic nitrogens is 4. The number of hydrogen-bond donors (Lipinski definition) is 1. The van der Waals surface area contributed by atoms with Gasteiger partial charge in [0, 0.05) is 31.8 Å². The van der Waals surface area contributed by atoms with Crippen molar-refractivity contribution in [1.29, 1.82) is 0 Å². The van der Waals surface area contributed by atoms with Crippen molar-refractivity contribution in [2.45, 2.75) is 13.5 Å². The molecule has 3 rings (SSSR count). The smallest absolute Gasteiger partial charge is 0.315 e. The minimum atomic E-state index is -0.565. The monoisotopic (exact) mass is 399 g/mol. The van der Waals surface area contributed by atoms with Crippen LogP contribution < -0.4 is 16.7 Å². The maximum atomic E-state index is 12.4. The van der Waals surface area contributed by atoms with E-state index in [4.69, 9.17) is 0 Å². The zero-order chi connectivity index (χ0) is 21.3. The number of hydrogen-bond acceptors (Lipinski definition) is 7. The van der Waals surface area contributed by atoms with Gasteiger partial charge in [-0.15, -0.1) is 0 Å². The number of amides is 1. The Kier molecular flexibility index (Phi) is 5.08. The van der Waals surface area contributed by atoms with Gasteiger partial charge < -0.3 is 4.57 Å². The number of nitrogens with one attached hydrogen (secondary N) is 1. The van der Waals surface area contributed by atoms with Gasteiger partial charge in [-0.05, 0) is 6.92 Å². The van der Waals surface area contributed by atoms with Gasteiger partial charge >= 0.3 is 5.69 Å².